The van der Waals surface area contributed by atoms with Crippen LogP contribution in [0.2, 0.25) is 0 Å². The Morgan fingerprint density at radius 1 is 0.838 bits per heavy atom. The molecule has 202 valence electrons. The Bertz CT molecular complexity index is 1100. The van der Waals surface area contributed by atoms with Gasteiger partial charge in [-0.15, -0.1) is 0 Å². The van der Waals surface area contributed by atoms with Gasteiger partial charge in [-0.3, -0.25) is 0 Å². The number of allylic oxidation sites excluding steroid dienone is 1. The molecule has 2 aliphatic heterocycles. The smallest absolute Gasteiger partial charge is 0.177 e. The van der Waals surface area contributed by atoms with Crippen molar-refractivity contribution in [3.8, 4) is 5.75 Å². The number of ether oxygens (including phenoxy) is 5. The topological polar surface area (TPSA) is 66.4 Å². The largest absolute Gasteiger partial charge is 0.497 e. The molecule has 3 saturated carbocycles. The number of hydrogen-bond acceptors (Lipinski definition) is 6. The first-order chi connectivity index (χ1) is 17.6. The average Bonchev–Trinajstić information content (AvgIpc) is 3.62. The van der Waals surface area contributed by atoms with Crippen molar-refractivity contribution in [1.82, 2.24) is 0 Å². The van der Waals surface area contributed by atoms with Crippen molar-refractivity contribution in [2.45, 2.75) is 82.9 Å². The summed E-state index contributed by atoms with van der Waals surface area (Å²) in [5, 5.41) is 12.5. The quantitative estimate of drug-likeness (QED) is 0.580. The minimum Gasteiger partial charge on any atom is -0.497 e. The van der Waals surface area contributed by atoms with Gasteiger partial charge in [0.15, 0.2) is 11.6 Å². The third-order valence-electron chi connectivity index (χ3n) is 11.9. The van der Waals surface area contributed by atoms with Gasteiger partial charge in [-0.05, 0) is 66.2 Å². The SMILES string of the molecule is COc1ccc(C2=C[C@@]3(C)[C@@H](CCC34OCCO4)[C@]3(C)CC[C@@]4(O)CC5(CC[C@]4(C)[C@@H]23)OCCO5)cc1. The molecule has 1 N–H and O–H groups in total. The molecule has 37 heavy (non-hydrogen) atoms. The van der Waals surface area contributed by atoms with Crippen molar-refractivity contribution in [3.63, 3.8) is 0 Å². The Kier molecular flexibility index (Phi) is 5.20. The van der Waals surface area contributed by atoms with Gasteiger partial charge in [-0.1, -0.05) is 39.0 Å². The van der Waals surface area contributed by atoms with Crippen LogP contribution in [-0.2, 0) is 18.9 Å². The fraction of sp³-hybridized carbons (Fsp3) is 0.742. The van der Waals surface area contributed by atoms with E-state index in [9.17, 15) is 5.11 Å². The van der Waals surface area contributed by atoms with E-state index >= 15 is 0 Å². The second kappa shape index (κ2) is 7.82. The summed E-state index contributed by atoms with van der Waals surface area (Å²) in [5.41, 5.74) is 1.14. The molecule has 2 spiro atoms. The molecule has 0 amide bonds. The van der Waals surface area contributed by atoms with Crippen LogP contribution in [0.3, 0.4) is 0 Å². The molecule has 6 heteroatoms. The predicted molar refractivity (Wildman–Crippen MR) is 139 cm³/mol. The molecule has 6 nitrogen and oxygen atoms in total. The van der Waals surface area contributed by atoms with Crippen LogP contribution < -0.4 is 4.74 Å². The van der Waals surface area contributed by atoms with Crippen LogP contribution >= 0.6 is 0 Å². The van der Waals surface area contributed by atoms with Gasteiger partial charge in [0.25, 0.3) is 0 Å². The molecule has 4 aliphatic carbocycles. The summed E-state index contributed by atoms with van der Waals surface area (Å²) in [6.07, 6.45) is 8.50. The van der Waals surface area contributed by atoms with E-state index in [2.05, 4.69) is 51.1 Å². The molecule has 6 aliphatic rings. The molecule has 5 fully saturated rings. The van der Waals surface area contributed by atoms with Gasteiger partial charge in [0.05, 0.1) is 39.1 Å². The first-order valence-electron chi connectivity index (χ1n) is 14.3. The average molecular weight is 511 g/mol. The summed E-state index contributed by atoms with van der Waals surface area (Å²) in [7, 11) is 1.71. The third kappa shape index (κ3) is 3.05. The zero-order valence-electron chi connectivity index (χ0n) is 22.8. The molecule has 1 aromatic rings. The van der Waals surface area contributed by atoms with Crippen molar-refractivity contribution in [2.75, 3.05) is 33.5 Å². The summed E-state index contributed by atoms with van der Waals surface area (Å²) in [6.45, 7) is 9.79. The molecular weight excluding hydrogens is 468 g/mol. The molecule has 0 bridgehead atoms. The molecule has 2 heterocycles. The standard InChI is InChI=1S/C31H42O6/c1-26-11-13-29(32)20-30(34-15-16-35-30)14-12-27(29,2)25(26)23(21-5-7-22(33-4)8-6-21)19-28(3)24(26)9-10-31(28)36-17-18-37-31/h5-8,19,24-25,32H,9-18,20H2,1-4H3/t24-,25-,26-,27+,28-,29+/m0/s1. The van der Waals surface area contributed by atoms with Crippen LogP contribution in [0, 0.1) is 28.1 Å². The molecule has 0 aromatic heterocycles. The Morgan fingerprint density at radius 2 is 1.51 bits per heavy atom. The molecule has 0 radical (unpaired) electrons. The maximum Gasteiger partial charge on any atom is 0.177 e. The molecular formula is C31H42O6. The zero-order chi connectivity index (χ0) is 25.7. The van der Waals surface area contributed by atoms with Gasteiger partial charge in [0.2, 0.25) is 0 Å². The first-order valence-corrected chi connectivity index (χ1v) is 14.3. The Labute approximate surface area is 220 Å². The van der Waals surface area contributed by atoms with Gasteiger partial charge in [-0.25, -0.2) is 0 Å². The minimum absolute atomic E-state index is 0.000441. The second-order valence-electron chi connectivity index (χ2n) is 13.3. The van der Waals surface area contributed by atoms with Gasteiger partial charge < -0.3 is 28.8 Å². The van der Waals surface area contributed by atoms with E-state index in [4.69, 9.17) is 23.7 Å². The second-order valence-corrected chi connectivity index (χ2v) is 13.3. The normalized spacial score (nSPS) is 45.4. The number of methoxy groups -OCH3 is 1. The Hall–Kier alpha value is -1.44. The fourth-order valence-corrected chi connectivity index (χ4v) is 10.1. The lowest BCUT2D eigenvalue weighted by molar-refractivity contribution is -0.288. The van der Waals surface area contributed by atoms with Gasteiger partial charge in [0.1, 0.15) is 5.75 Å². The van der Waals surface area contributed by atoms with Crippen molar-refractivity contribution >= 4 is 5.57 Å². The Balaban J connectivity index is 1.40. The lowest BCUT2D eigenvalue weighted by atomic mass is 9.38. The van der Waals surface area contributed by atoms with Crippen LogP contribution in [0.5, 0.6) is 5.75 Å². The highest BCUT2D eigenvalue weighted by Gasteiger charge is 2.74. The predicted octanol–water partition coefficient (Wildman–Crippen LogP) is 5.33. The summed E-state index contributed by atoms with van der Waals surface area (Å²) in [6, 6.07) is 8.50. The van der Waals surface area contributed by atoms with Crippen LogP contribution in [0.25, 0.3) is 5.57 Å². The van der Waals surface area contributed by atoms with E-state index in [1.165, 1.54) is 11.1 Å². The fourth-order valence-electron chi connectivity index (χ4n) is 10.1. The number of fused-ring (bicyclic) bond motifs is 6. The van der Waals surface area contributed by atoms with Crippen molar-refractivity contribution in [3.05, 3.63) is 35.9 Å². The summed E-state index contributed by atoms with van der Waals surface area (Å²) < 4.78 is 30.7. The van der Waals surface area contributed by atoms with Crippen molar-refractivity contribution < 1.29 is 28.8 Å². The van der Waals surface area contributed by atoms with E-state index in [-0.39, 0.29) is 22.2 Å². The first kappa shape index (κ1) is 24.6. The van der Waals surface area contributed by atoms with Gasteiger partial charge in [0, 0.05) is 30.1 Å². The molecule has 2 saturated heterocycles. The van der Waals surface area contributed by atoms with E-state index in [1.54, 1.807) is 7.11 Å². The van der Waals surface area contributed by atoms with Gasteiger partial charge >= 0.3 is 0 Å². The van der Waals surface area contributed by atoms with Crippen LogP contribution in [-0.4, -0.2) is 55.8 Å². The molecule has 0 unspecified atom stereocenters. The molecule has 6 atom stereocenters. The van der Waals surface area contributed by atoms with E-state index < -0.39 is 17.2 Å². The van der Waals surface area contributed by atoms with Crippen LogP contribution in [0.4, 0.5) is 0 Å². The highest BCUT2D eigenvalue weighted by molar-refractivity contribution is 5.72. The van der Waals surface area contributed by atoms with Crippen molar-refractivity contribution in [2.24, 2.45) is 28.1 Å². The number of rotatable bonds is 2. The number of benzene rings is 1. The number of hydrogen-bond donors (Lipinski definition) is 1. The maximum absolute atomic E-state index is 12.5. The zero-order valence-corrected chi connectivity index (χ0v) is 22.8. The number of aliphatic hydroxyl groups is 1. The van der Waals surface area contributed by atoms with Crippen LogP contribution in [0.1, 0.15) is 71.3 Å². The summed E-state index contributed by atoms with van der Waals surface area (Å²) in [4.78, 5) is 0. The van der Waals surface area contributed by atoms with E-state index in [0.29, 0.717) is 38.8 Å². The van der Waals surface area contributed by atoms with E-state index in [0.717, 1.165) is 44.3 Å². The lowest BCUT2D eigenvalue weighted by Crippen LogP contribution is -2.68. The third-order valence-corrected chi connectivity index (χ3v) is 11.9. The molecule has 7 rings (SSSR count). The highest BCUT2D eigenvalue weighted by atomic mass is 16.7. The van der Waals surface area contributed by atoms with Crippen LogP contribution in [0.15, 0.2) is 30.3 Å². The highest BCUT2D eigenvalue weighted by Crippen LogP contribution is 2.75. The summed E-state index contributed by atoms with van der Waals surface area (Å²) >= 11 is 0. The minimum atomic E-state index is -0.851. The summed E-state index contributed by atoms with van der Waals surface area (Å²) in [5.74, 6) is 0.286. The lowest BCUT2D eigenvalue weighted by Gasteiger charge is -2.68. The van der Waals surface area contributed by atoms with Gasteiger partial charge in [-0.2, -0.15) is 0 Å². The Morgan fingerprint density at radius 3 is 2.19 bits per heavy atom. The molecule has 1 aromatic carbocycles. The monoisotopic (exact) mass is 510 g/mol. The van der Waals surface area contributed by atoms with Crippen molar-refractivity contribution in [1.29, 1.82) is 0 Å². The maximum atomic E-state index is 12.5. The van der Waals surface area contributed by atoms with E-state index in [1.807, 2.05) is 0 Å².